The van der Waals surface area contributed by atoms with Gasteiger partial charge in [-0.25, -0.2) is 4.98 Å². The quantitative estimate of drug-likeness (QED) is 0.909. The monoisotopic (exact) mass is 253 g/mol. The molecule has 1 aromatic heterocycles. The molecule has 19 heavy (non-hydrogen) atoms. The average molecular weight is 253 g/mol. The zero-order valence-corrected chi connectivity index (χ0v) is 10.7. The first-order valence-electron chi connectivity index (χ1n) is 6.04. The fourth-order valence-electron chi connectivity index (χ4n) is 1.65. The lowest BCUT2D eigenvalue weighted by atomic mass is 10.1. The van der Waals surface area contributed by atoms with Crippen molar-refractivity contribution in [1.82, 2.24) is 4.98 Å². The Labute approximate surface area is 112 Å². The highest BCUT2D eigenvalue weighted by molar-refractivity contribution is 5.32. The minimum atomic E-state index is -0.0524. The van der Waals surface area contributed by atoms with E-state index in [2.05, 4.69) is 11.1 Å². The van der Waals surface area contributed by atoms with Crippen molar-refractivity contribution >= 4 is 0 Å². The third-order valence-electron chi connectivity index (χ3n) is 2.71. The Morgan fingerprint density at radius 1 is 1.32 bits per heavy atom. The van der Waals surface area contributed by atoms with Crippen LogP contribution in [0.5, 0.6) is 11.6 Å². The number of nitrogens with two attached hydrogens (primary N) is 1. The van der Waals surface area contributed by atoms with Crippen LogP contribution in [0, 0.1) is 11.3 Å². The van der Waals surface area contributed by atoms with Crippen LogP contribution in [0.25, 0.3) is 0 Å². The first-order valence-corrected chi connectivity index (χ1v) is 6.04. The Kier molecular flexibility index (Phi) is 4.11. The Hall–Kier alpha value is -2.38. The van der Waals surface area contributed by atoms with Crippen LogP contribution in [0.2, 0.25) is 0 Å². The van der Waals surface area contributed by atoms with Crippen molar-refractivity contribution < 1.29 is 4.74 Å². The second-order valence-electron chi connectivity index (χ2n) is 4.30. The van der Waals surface area contributed by atoms with Crippen molar-refractivity contribution in [3.63, 3.8) is 0 Å². The molecule has 2 N–H and O–H groups in total. The van der Waals surface area contributed by atoms with Crippen LogP contribution in [-0.2, 0) is 6.42 Å². The fourth-order valence-corrected chi connectivity index (χ4v) is 1.65. The molecule has 0 bridgehead atoms. The standard InChI is InChI=1S/C15H15N3O/c1-11(17)13-7-9-18-15(10-13)19-14-4-2-12(3-5-14)6-8-16/h2-5,7,9-11H,6,17H2,1H3/t11-/m1/s1. The van der Waals surface area contributed by atoms with Crippen LogP contribution in [0.15, 0.2) is 42.6 Å². The second kappa shape index (κ2) is 5.98. The van der Waals surface area contributed by atoms with E-state index in [-0.39, 0.29) is 6.04 Å². The molecule has 4 nitrogen and oxygen atoms in total. The van der Waals surface area contributed by atoms with Crippen molar-refractivity contribution in [3.05, 3.63) is 53.7 Å². The zero-order valence-electron chi connectivity index (χ0n) is 10.7. The summed E-state index contributed by atoms with van der Waals surface area (Å²) >= 11 is 0. The summed E-state index contributed by atoms with van der Waals surface area (Å²) in [5, 5.41) is 8.60. The van der Waals surface area contributed by atoms with Gasteiger partial charge in [-0.3, -0.25) is 0 Å². The van der Waals surface area contributed by atoms with Crippen molar-refractivity contribution in [3.8, 4) is 17.7 Å². The summed E-state index contributed by atoms with van der Waals surface area (Å²) in [4.78, 5) is 4.15. The van der Waals surface area contributed by atoms with E-state index in [4.69, 9.17) is 15.7 Å². The number of pyridine rings is 1. The zero-order chi connectivity index (χ0) is 13.7. The number of benzene rings is 1. The Bertz CT molecular complexity index is 585. The molecule has 0 saturated carbocycles. The Balaban J connectivity index is 2.12. The Morgan fingerprint density at radius 2 is 2.05 bits per heavy atom. The van der Waals surface area contributed by atoms with E-state index in [1.54, 1.807) is 6.20 Å². The number of hydrogen-bond donors (Lipinski definition) is 1. The summed E-state index contributed by atoms with van der Waals surface area (Å²) in [5.74, 6) is 1.21. The predicted molar refractivity (Wildman–Crippen MR) is 72.7 cm³/mol. The molecule has 2 aromatic rings. The van der Waals surface area contributed by atoms with Gasteiger partial charge >= 0.3 is 0 Å². The largest absolute Gasteiger partial charge is 0.439 e. The second-order valence-corrected chi connectivity index (χ2v) is 4.30. The van der Waals surface area contributed by atoms with Crippen LogP contribution in [0.3, 0.4) is 0 Å². The molecule has 1 aromatic carbocycles. The van der Waals surface area contributed by atoms with Gasteiger partial charge in [0.1, 0.15) is 5.75 Å². The van der Waals surface area contributed by atoms with Crippen LogP contribution in [0.1, 0.15) is 24.1 Å². The van der Waals surface area contributed by atoms with Gasteiger partial charge in [0.05, 0.1) is 12.5 Å². The minimum absolute atomic E-state index is 0.0524. The number of rotatable bonds is 4. The molecule has 0 amide bonds. The maximum atomic E-state index is 8.60. The third kappa shape index (κ3) is 3.54. The SMILES string of the molecule is C[C@@H](N)c1ccnc(Oc2ccc(CC#N)cc2)c1. The van der Waals surface area contributed by atoms with Crippen LogP contribution >= 0.6 is 0 Å². The summed E-state index contributed by atoms with van der Waals surface area (Å²) in [5.41, 5.74) is 7.76. The van der Waals surface area contributed by atoms with E-state index in [1.165, 1.54) is 0 Å². The lowest BCUT2D eigenvalue weighted by Crippen LogP contribution is -2.05. The molecule has 4 heteroatoms. The number of nitriles is 1. The van der Waals surface area contributed by atoms with Gasteiger partial charge in [-0.2, -0.15) is 5.26 Å². The molecule has 0 radical (unpaired) electrons. The van der Waals surface area contributed by atoms with Gasteiger partial charge in [0.15, 0.2) is 0 Å². The highest BCUT2D eigenvalue weighted by Gasteiger charge is 2.03. The van der Waals surface area contributed by atoms with E-state index in [9.17, 15) is 0 Å². The van der Waals surface area contributed by atoms with Gasteiger partial charge in [-0.1, -0.05) is 12.1 Å². The topological polar surface area (TPSA) is 71.9 Å². The number of hydrogen-bond acceptors (Lipinski definition) is 4. The molecule has 1 heterocycles. The lowest BCUT2D eigenvalue weighted by molar-refractivity contribution is 0.461. The van der Waals surface area contributed by atoms with E-state index >= 15 is 0 Å². The predicted octanol–water partition coefficient (Wildman–Crippen LogP) is 2.96. The lowest BCUT2D eigenvalue weighted by Gasteiger charge is -2.08. The summed E-state index contributed by atoms with van der Waals surface area (Å²) in [7, 11) is 0. The number of ether oxygens (including phenoxy) is 1. The molecule has 96 valence electrons. The first-order chi connectivity index (χ1) is 9.19. The van der Waals surface area contributed by atoms with Gasteiger partial charge in [-0.15, -0.1) is 0 Å². The fraction of sp³-hybridized carbons (Fsp3) is 0.200. The van der Waals surface area contributed by atoms with Crippen LogP contribution in [-0.4, -0.2) is 4.98 Å². The molecular formula is C15H15N3O. The summed E-state index contributed by atoms with van der Waals surface area (Å²) in [6, 6.07) is 13.1. The molecule has 1 atom stereocenters. The summed E-state index contributed by atoms with van der Waals surface area (Å²) in [6.07, 6.45) is 2.08. The molecule has 0 fully saturated rings. The van der Waals surface area contributed by atoms with Crippen LogP contribution < -0.4 is 10.5 Å². The molecule has 2 rings (SSSR count). The molecular weight excluding hydrogens is 238 g/mol. The smallest absolute Gasteiger partial charge is 0.219 e. The van der Waals surface area contributed by atoms with Gasteiger partial charge in [0.2, 0.25) is 5.88 Å². The molecule has 0 spiro atoms. The van der Waals surface area contributed by atoms with Gasteiger partial charge < -0.3 is 10.5 Å². The minimum Gasteiger partial charge on any atom is -0.439 e. The number of aromatic nitrogens is 1. The molecule has 0 aliphatic heterocycles. The Morgan fingerprint density at radius 3 is 2.68 bits per heavy atom. The molecule has 0 aliphatic rings. The normalized spacial score (nSPS) is 11.6. The molecule has 0 unspecified atom stereocenters. The van der Waals surface area contributed by atoms with Crippen molar-refractivity contribution in [2.75, 3.05) is 0 Å². The maximum Gasteiger partial charge on any atom is 0.219 e. The molecule has 0 aliphatic carbocycles. The third-order valence-corrected chi connectivity index (χ3v) is 2.71. The van der Waals surface area contributed by atoms with Crippen molar-refractivity contribution in [2.24, 2.45) is 5.73 Å². The van der Waals surface area contributed by atoms with Gasteiger partial charge in [0, 0.05) is 18.3 Å². The maximum absolute atomic E-state index is 8.60. The van der Waals surface area contributed by atoms with E-state index < -0.39 is 0 Å². The average Bonchev–Trinajstić information content (AvgIpc) is 2.42. The van der Waals surface area contributed by atoms with Gasteiger partial charge in [0.25, 0.3) is 0 Å². The van der Waals surface area contributed by atoms with Crippen molar-refractivity contribution in [2.45, 2.75) is 19.4 Å². The van der Waals surface area contributed by atoms with Crippen LogP contribution in [0.4, 0.5) is 0 Å². The number of nitrogens with zero attached hydrogens (tertiary/aromatic N) is 2. The van der Waals surface area contributed by atoms with Crippen molar-refractivity contribution in [1.29, 1.82) is 5.26 Å². The van der Waals surface area contributed by atoms with Gasteiger partial charge in [-0.05, 0) is 36.2 Å². The highest BCUT2D eigenvalue weighted by Crippen LogP contribution is 2.22. The highest BCUT2D eigenvalue weighted by atomic mass is 16.5. The first kappa shape index (κ1) is 13.1. The van der Waals surface area contributed by atoms with E-state index in [0.29, 0.717) is 18.1 Å². The van der Waals surface area contributed by atoms with E-state index in [1.807, 2.05) is 43.3 Å². The summed E-state index contributed by atoms with van der Waals surface area (Å²) < 4.78 is 5.65. The van der Waals surface area contributed by atoms with E-state index in [0.717, 1.165) is 11.1 Å². The summed E-state index contributed by atoms with van der Waals surface area (Å²) in [6.45, 7) is 1.91. The molecule has 0 saturated heterocycles.